The lowest BCUT2D eigenvalue weighted by Gasteiger charge is -1.88. The minimum absolute atomic E-state index is 0.275. The smallest absolute Gasteiger partial charge is 0.204 e. The molecule has 0 bridgehead atoms. The number of aromatic nitrogens is 1. The van der Waals surface area contributed by atoms with E-state index < -0.39 is 0 Å². The van der Waals surface area contributed by atoms with E-state index in [1.807, 2.05) is 6.07 Å². The van der Waals surface area contributed by atoms with Gasteiger partial charge in [-0.25, -0.2) is 4.98 Å². The van der Waals surface area contributed by atoms with Crippen LogP contribution in [0.1, 0.15) is 5.76 Å². The molecule has 2 rings (SSSR count). The summed E-state index contributed by atoms with van der Waals surface area (Å²) in [5, 5.41) is 9.32. The Hall–Kier alpha value is -2.02. The van der Waals surface area contributed by atoms with Crippen LogP contribution >= 0.6 is 0 Å². The summed E-state index contributed by atoms with van der Waals surface area (Å²) in [5.74, 6) is 0.699. The summed E-state index contributed by atoms with van der Waals surface area (Å²) >= 11 is 0. The fraction of sp³-hybridized carbons (Fsp3) is 0. The van der Waals surface area contributed by atoms with E-state index in [9.17, 15) is 0 Å². The molecular formula is C8H5N3O. The second-order valence-corrected chi connectivity index (χ2v) is 2.37. The Morgan fingerprint density at radius 2 is 2.33 bits per heavy atom. The number of fused-ring (bicyclic) bond motifs is 1. The number of nitrogens with zero attached hydrogens (tertiary/aromatic N) is 2. The Bertz CT molecular complexity index is 467. The number of nitrogen functional groups attached to an aromatic ring is 1. The number of nitrogens with two attached hydrogens (primary N) is 1. The van der Waals surface area contributed by atoms with Gasteiger partial charge in [-0.1, -0.05) is 0 Å². The van der Waals surface area contributed by atoms with Gasteiger partial charge in [-0.15, -0.1) is 0 Å². The van der Waals surface area contributed by atoms with Crippen molar-refractivity contribution in [1.29, 1.82) is 5.26 Å². The zero-order chi connectivity index (χ0) is 8.55. The van der Waals surface area contributed by atoms with Gasteiger partial charge in [0.05, 0.1) is 6.20 Å². The standard InChI is InChI=1S/C8H5N3O/c9-3-6-1-5-2-8(10)11-4-7(5)12-6/h1-2,4H,(H2,10,11). The molecule has 2 heterocycles. The van der Waals surface area contributed by atoms with Crippen LogP contribution in [0.25, 0.3) is 11.0 Å². The number of anilines is 1. The van der Waals surface area contributed by atoms with Crippen LogP contribution in [0.5, 0.6) is 0 Å². The van der Waals surface area contributed by atoms with Crippen molar-refractivity contribution in [2.75, 3.05) is 5.73 Å². The summed E-state index contributed by atoms with van der Waals surface area (Å²) in [6.45, 7) is 0. The van der Waals surface area contributed by atoms with Crippen LogP contribution in [0, 0.1) is 11.3 Å². The molecule has 0 amide bonds. The molecule has 12 heavy (non-hydrogen) atoms. The van der Waals surface area contributed by atoms with Crippen molar-refractivity contribution in [1.82, 2.24) is 4.98 Å². The van der Waals surface area contributed by atoms with Crippen molar-refractivity contribution >= 4 is 16.8 Å². The Morgan fingerprint density at radius 1 is 1.50 bits per heavy atom. The van der Waals surface area contributed by atoms with E-state index in [-0.39, 0.29) is 5.76 Å². The maximum absolute atomic E-state index is 8.51. The molecule has 4 nitrogen and oxygen atoms in total. The highest BCUT2D eigenvalue weighted by Gasteiger charge is 2.02. The predicted molar refractivity (Wildman–Crippen MR) is 43.1 cm³/mol. The predicted octanol–water partition coefficient (Wildman–Crippen LogP) is 1.28. The zero-order valence-corrected chi connectivity index (χ0v) is 6.11. The molecule has 4 heteroatoms. The van der Waals surface area contributed by atoms with Crippen LogP contribution in [-0.2, 0) is 0 Å². The average Bonchev–Trinajstić information content (AvgIpc) is 2.46. The minimum atomic E-state index is 0.275. The van der Waals surface area contributed by atoms with Crippen molar-refractivity contribution in [2.24, 2.45) is 0 Å². The second-order valence-electron chi connectivity index (χ2n) is 2.37. The topological polar surface area (TPSA) is 75.8 Å². The first-order valence-corrected chi connectivity index (χ1v) is 3.35. The molecule has 0 spiro atoms. The molecule has 0 saturated heterocycles. The largest absolute Gasteiger partial charge is 0.444 e. The monoisotopic (exact) mass is 159 g/mol. The molecule has 2 aromatic heterocycles. The zero-order valence-electron chi connectivity index (χ0n) is 6.11. The maximum Gasteiger partial charge on any atom is 0.204 e. The van der Waals surface area contributed by atoms with E-state index in [2.05, 4.69) is 4.98 Å². The van der Waals surface area contributed by atoms with E-state index in [0.717, 1.165) is 5.39 Å². The molecule has 0 aliphatic carbocycles. The van der Waals surface area contributed by atoms with Gasteiger partial charge in [-0.2, -0.15) is 5.26 Å². The van der Waals surface area contributed by atoms with Crippen LogP contribution in [0.4, 0.5) is 5.82 Å². The molecule has 2 aromatic rings. The highest BCUT2D eigenvalue weighted by molar-refractivity contribution is 5.79. The van der Waals surface area contributed by atoms with Crippen LogP contribution < -0.4 is 5.73 Å². The summed E-state index contributed by atoms with van der Waals surface area (Å²) in [6.07, 6.45) is 1.51. The van der Waals surface area contributed by atoms with Gasteiger partial charge >= 0.3 is 0 Å². The van der Waals surface area contributed by atoms with Gasteiger partial charge in [0.2, 0.25) is 5.76 Å². The van der Waals surface area contributed by atoms with Crippen molar-refractivity contribution in [3.63, 3.8) is 0 Å². The quantitative estimate of drug-likeness (QED) is 0.628. The molecule has 0 fully saturated rings. The molecule has 0 aliphatic heterocycles. The number of hydrogen-bond acceptors (Lipinski definition) is 4. The van der Waals surface area contributed by atoms with Crippen LogP contribution in [0.3, 0.4) is 0 Å². The summed E-state index contributed by atoms with van der Waals surface area (Å²) in [6, 6.07) is 5.20. The molecule has 0 saturated carbocycles. The third-order valence-electron chi connectivity index (χ3n) is 1.54. The van der Waals surface area contributed by atoms with Gasteiger partial charge < -0.3 is 10.2 Å². The molecular weight excluding hydrogens is 154 g/mol. The normalized spacial score (nSPS) is 9.92. The van der Waals surface area contributed by atoms with E-state index in [0.29, 0.717) is 11.4 Å². The average molecular weight is 159 g/mol. The van der Waals surface area contributed by atoms with Crippen molar-refractivity contribution in [3.05, 3.63) is 24.1 Å². The molecule has 0 atom stereocenters. The summed E-state index contributed by atoms with van der Waals surface area (Å²) < 4.78 is 5.09. The summed E-state index contributed by atoms with van der Waals surface area (Å²) in [5.41, 5.74) is 6.02. The lowest BCUT2D eigenvalue weighted by Crippen LogP contribution is -1.86. The number of rotatable bonds is 0. The molecule has 58 valence electrons. The Labute approximate surface area is 68.2 Å². The number of pyridine rings is 1. The fourth-order valence-electron chi connectivity index (χ4n) is 1.02. The lowest BCUT2D eigenvalue weighted by atomic mass is 10.3. The van der Waals surface area contributed by atoms with Gasteiger partial charge in [-0.3, -0.25) is 0 Å². The Morgan fingerprint density at radius 3 is 3.08 bits per heavy atom. The van der Waals surface area contributed by atoms with Crippen molar-refractivity contribution in [2.45, 2.75) is 0 Å². The van der Waals surface area contributed by atoms with Gasteiger partial charge in [0.15, 0.2) is 5.58 Å². The third kappa shape index (κ3) is 0.883. The number of hydrogen-bond donors (Lipinski definition) is 1. The van der Waals surface area contributed by atoms with E-state index in [4.69, 9.17) is 15.4 Å². The third-order valence-corrected chi connectivity index (χ3v) is 1.54. The SMILES string of the molecule is N#Cc1cc2cc(N)ncc2o1. The first-order chi connectivity index (χ1) is 5.79. The van der Waals surface area contributed by atoms with Crippen LogP contribution in [0.2, 0.25) is 0 Å². The minimum Gasteiger partial charge on any atom is -0.444 e. The van der Waals surface area contributed by atoms with Gasteiger partial charge in [0.25, 0.3) is 0 Å². The van der Waals surface area contributed by atoms with Gasteiger partial charge in [-0.05, 0) is 6.07 Å². The van der Waals surface area contributed by atoms with Crippen LogP contribution in [-0.4, -0.2) is 4.98 Å². The van der Waals surface area contributed by atoms with Crippen molar-refractivity contribution < 1.29 is 4.42 Å². The van der Waals surface area contributed by atoms with E-state index >= 15 is 0 Å². The van der Waals surface area contributed by atoms with E-state index in [1.54, 1.807) is 12.1 Å². The van der Waals surface area contributed by atoms with Gasteiger partial charge in [0, 0.05) is 11.5 Å². The first kappa shape index (κ1) is 6.68. The Balaban J connectivity index is 2.77. The maximum atomic E-state index is 8.51. The molecule has 0 unspecified atom stereocenters. The molecule has 2 N–H and O–H groups in total. The molecule has 0 aliphatic rings. The highest BCUT2D eigenvalue weighted by Crippen LogP contribution is 2.18. The Kier molecular flexibility index (Phi) is 1.25. The first-order valence-electron chi connectivity index (χ1n) is 3.35. The number of furan rings is 1. The second kappa shape index (κ2) is 2.24. The van der Waals surface area contributed by atoms with Gasteiger partial charge in [0.1, 0.15) is 11.9 Å². The van der Waals surface area contributed by atoms with Crippen LogP contribution in [0.15, 0.2) is 22.7 Å². The van der Waals surface area contributed by atoms with E-state index in [1.165, 1.54) is 6.20 Å². The summed E-state index contributed by atoms with van der Waals surface area (Å²) in [4.78, 5) is 3.83. The fourth-order valence-corrected chi connectivity index (χ4v) is 1.02. The lowest BCUT2D eigenvalue weighted by molar-refractivity contribution is 0.598. The van der Waals surface area contributed by atoms with Crippen molar-refractivity contribution in [3.8, 4) is 6.07 Å². The number of nitriles is 1. The highest BCUT2D eigenvalue weighted by atomic mass is 16.3. The summed E-state index contributed by atoms with van der Waals surface area (Å²) in [7, 11) is 0. The molecule has 0 radical (unpaired) electrons. The molecule has 0 aromatic carbocycles.